The smallest absolute Gasteiger partial charge is 0.305 e. The second-order valence-corrected chi connectivity index (χ2v) is 7.58. The topological polar surface area (TPSA) is 46.5 Å². The van der Waals surface area contributed by atoms with E-state index < -0.39 is 0 Å². The molecular formula is C23H40O3. The molecule has 0 atom stereocenters. The standard InChI is InChI=1S/C23H40O3/c1-4-5-6-7-8-9-10-11-12-13-14-15-16-17-18-19-22(25)26-21-23(2,3)20-24/h5-6,8-9,11-12,24H,4,7,10,13-21H2,1-3H3/b6-5-,9-8-,12-11-. The van der Waals surface area contributed by atoms with Crippen LogP contribution in [0, 0.1) is 5.41 Å². The molecule has 0 heterocycles. The number of unbranched alkanes of at least 4 members (excludes halogenated alkanes) is 5. The van der Waals surface area contributed by atoms with E-state index in [1.165, 1.54) is 19.3 Å². The molecule has 0 spiro atoms. The van der Waals surface area contributed by atoms with Gasteiger partial charge in [-0.3, -0.25) is 4.79 Å². The number of ether oxygens (including phenoxy) is 1. The van der Waals surface area contributed by atoms with E-state index in [-0.39, 0.29) is 18.0 Å². The Morgan fingerprint density at radius 1 is 0.885 bits per heavy atom. The van der Waals surface area contributed by atoms with E-state index >= 15 is 0 Å². The fourth-order valence-electron chi connectivity index (χ4n) is 2.28. The lowest BCUT2D eigenvalue weighted by Crippen LogP contribution is -2.25. The SMILES string of the molecule is CC/C=C\C/C=C\C/C=C\CCCCCCCC(=O)OCC(C)(C)CO. The highest BCUT2D eigenvalue weighted by Crippen LogP contribution is 2.15. The molecule has 0 radical (unpaired) electrons. The summed E-state index contributed by atoms with van der Waals surface area (Å²) in [5, 5.41) is 9.12. The van der Waals surface area contributed by atoms with Gasteiger partial charge in [0.1, 0.15) is 0 Å². The number of hydrogen-bond acceptors (Lipinski definition) is 3. The van der Waals surface area contributed by atoms with Gasteiger partial charge in [-0.15, -0.1) is 0 Å². The molecule has 150 valence electrons. The third kappa shape index (κ3) is 17.5. The minimum Gasteiger partial charge on any atom is -0.465 e. The van der Waals surface area contributed by atoms with E-state index in [0.717, 1.165) is 38.5 Å². The Bertz CT molecular complexity index is 419. The van der Waals surface area contributed by atoms with Crippen molar-refractivity contribution < 1.29 is 14.6 Å². The third-order valence-electron chi connectivity index (χ3n) is 4.08. The quantitative estimate of drug-likeness (QED) is 0.203. The lowest BCUT2D eigenvalue weighted by atomic mass is 9.96. The van der Waals surface area contributed by atoms with Crippen LogP contribution in [0.3, 0.4) is 0 Å². The van der Waals surface area contributed by atoms with Crippen molar-refractivity contribution in [2.24, 2.45) is 5.41 Å². The molecule has 1 N–H and O–H groups in total. The van der Waals surface area contributed by atoms with Gasteiger partial charge in [0, 0.05) is 11.8 Å². The van der Waals surface area contributed by atoms with Crippen LogP contribution in [0.5, 0.6) is 0 Å². The van der Waals surface area contributed by atoms with Crippen molar-refractivity contribution in [1.29, 1.82) is 0 Å². The van der Waals surface area contributed by atoms with Crippen molar-refractivity contribution in [3.63, 3.8) is 0 Å². The predicted molar refractivity (Wildman–Crippen MR) is 111 cm³/mol. The van der Waals surface area contributed by atoms with Crippen LogP contribution in [0.25, 0.3) is 0 Å². The van der Waals surface area contributed by atoms with Gasteiger partial charge in [-0.25, -0.2) is 0 Å². The third-order valence-corrected chi connectivity index (χ3v) is 4.08. The van der Waals surface area contributed by atoms with Gasteiger partial charge in [0.2, 0.25) is 0 Å². The maximum Gasteiger partial charge on any atom is 0.305 e. The number of aliphatic hydroxyl groups excluding tert-OH is 1. The average molecular weight is 365 g/mol. The summed E-state index contributed by atoms with van der Waals surface area (Å²) in [7, 11) is 0. The molecule has 0 aliphatic carbocycles. The van der Waals surface area contributed by atoms with Gasteiger partial charge in [-0.2, -0.15) is 0 Å². The van der Waals surface area contributed by atoms with E-state index in [1.807, 2.05) is 13.8 Å². The van der Waals surface area contributed by atoms with E-state index in [4.69, 9.17) is 9.84 Å². The highest BCUT2D eigenvalue weighted by atomic mass is 16.5. The molecule has 0 amide bonds. The number of esters is 1. The first-order valence-corrected chi connectivity index (χ1v) is 10.2. The lowest BCUT2D eigenvalue weighted by molar-refractivity contribution is -0.147. The Kier molecular flexibility index (Phi) is 16.2. The molecule has 0 unspecified atom stereocenters. The van der Waals surface area contributed by atoms with Crippen LogP contribution < -0.4 is 0 Å². The molecule has 0 rings (SSSR count). The van der Waals surface area contributed by atoms with Crippen molar-refractivity contribution in [3.8, 4) is 0 Å². The van der Waals surface area contributed by atoms with Crippen LogP contribution in [0.15, 0.2) is 36.5 Å². The summed E-state index contributed by atoms with van der Waals surface area (Å²) >= 11 is 0. The summed E-state index contributed by atoms with van der Waals surface area (Å²) < 4.78 is 5.20. The van der Waals surface area contributed by atoms with Crippen molar-refractivity contribution in [1.82, 2.24) is 0 Å². The first-order chi connectivity index (χ1) is 12.5. The van der Waals surface area contributed by atoms with Crippen LogP contribution >= 0.6 is 0 Å². The number of carbonyl (C=O) groups is 1. The molecule has 0 saturated carbocycles. The monoisotopic (exact) mass is 364 g/mol. The van der Waals surface area contributed by atoms with Gasteiger partial charge in [-0.05, 0) is 38.5 Å². The number of allylic oxidation sites excluding steroid dienone is 6. The van der Waals surface area contributed by atoms with E-state index in [2.05, 4.69) is 43.4 Å². The first-order valence-electron chi connectivity index (χ1n) is 10.2. The van der Waals surface area contributed by atoms with Crippen LogP contribution in [0.1, 0.15) is 85.0 Å². The van der Waals surface area contributed by atoms with Crippen LogP contribution in [0.4, 0.5) is 0 Å². The Morgan fingerprint density at radius 2 is 1.46 bits per heavy atom. The number of hydrogen-bond donors (Lipinski definition) is 1. The van der Waals surface area contributed by atoms with Gasteiger partial charge < -0.3 is 9.84 Å². The molecule has 0 aliphatic rings. The second-order valence-electron chi connectivity index (χ2n) is 7.58. The molecule has 0 aromatic rings. The molecule has 0 saturated heterocycles. The minimum atomic E-state index is -0.342. The molecule has 0 aromatic heterocycles. The molecule has 0 aliphatic heterocycles. The van der Waals surface area contributed by atoms with Crippen molar-refractivity contribution in [2.75, 3.05) is 13.2 Å². The van der Waals surface area contributed by atoms with E-state index in [0.29, 0.717) is 13.0 Å². The summed E-state index contributed by atoms with van der Waals surface area (Å²) in [4.78, 5) is 11.6. The van der Waals surface area contributed by atoms with Gasteiger partial charge in [0.05, 0.1) is 13.2 Å². The molecule has 0 aromatic carbocycles. The highest BCUT2D eigenvalue weighted by molar-refractivity contribution is 5.69. The summed E-state index contributed by atoms with van der Waals surface area (Å²) in [6, 6.07) is 0. The average Bonchev–Trinajstić information content (AvgIpc) is 2.63. The van der Waals surface area contributed by atoms with Crippen LogP contribution in [-0.4, -0.2) is 24.3 Å². The summed E-state index contributed by atoms with van der Waals surface area (Å²) in [6.07, 6.45) is 23.7. The zero-order valence-electron chi connectivity index (χ0n) is 17.2. The van der Waals surface area contributed by atoms with Gasteiger partial charge in [0.25, 0.3) is 0 Å². The molecule has 3 heteroatoms. The first kappa shape index (κ1) is 24.7. The number of rotatable bonds is 16. The maximum atomic E-state index is 11.6. The Labute approximate surface area is 161 Å². The van der Waals surface area contributed by atoms with E-state index in [9.17, 15) is 4.79 Å². The Balaban J connectivity index is 3.41. The Hall–Kier alpha value is -1.35. The fraction of sp³-hybridized carbons (Fsp3) is 0.696. The molecule has 0 bridgehead atoms. The second kappa shape index (κ2) is 17.1. The zero-order valence-corrected chi connectivity index (χ0v) is 17.2. The van der Waals surface area contributed by atoms with Gasteiger partial charge in [-0.1, -0.05) is 76.5 Å². The fourth-order valence-corrected chi connectivity index (χ4v) is 2.28. The van der Waals surface area contributed by atoms with E-state index in [1.54, 1.807) is 0 Å². The van der Waals surface area contributed by atoms with Gasteiger partial charge in [0.15, 0.2) is 0 Å². The molecule has 3 nitrogen and oxygen atoms in total. The number of carbonyl (C=O) groups excluding carboxylic acids is 1. The normalized spacial score (nSPS) is 12.6. The lowest BCUT2D eigenvalue weighted by Gasteiger charge is -2.20. The van der Waals surface area contributed by atoms with Gasteiger partial charge >= 0.3 is 5.97 Å². The summed E-state index contributed by atoms with van der Waals surface area (Å²) in [5.41, 5.74) is -0.342. The van der Waals surface area contributed by atoms with Crippen molar-refractivity contribution >= 4 is 5.97 Å². The molecule has 0 fully saturated rings. The summed E-state index contributed by atoms with van der Waals surface area (Å²) in [6.45, 7) is 6.24. The molecular weight excluding hydrogens is 324 g/mol. The number of aliphatic hydroxyl groups is 1. The zero-order chi connectivity index (χ0) is 19.5. The van der Waals surface area contributed by atoms with Crippen LogP contribution in [0.2, 0.25) is 0 Å². The minimum absolute atomic E-state index is 0.0291. The summed E-state index contributed by atoms with van der Waals surface area (Å²) in [5.74, 6) is -0.146. The van der Waals surface area contributed by atoms with Crippen molar-refractivity contribution in [3.05, 3.63) is 36.5 Å². The maximum absolute atomic E-state index is 11.6. The Morgan fingerprint density at radius 3 is 2.12 bits per heavy atom. The van der Waals surface area contributed by atoms with Crippen molar-refractivity contribution in [2.45, 2.75) is 85.0 Å². The molecule has 26 heavy (non-hydrogen) atoms. The predicted octanol–water partition coefficient (Wildman–Crippen LogP) is 6.14. The highest BCUT2D eigenvalue weighted by Gasteiger charge is 2.18. The van der Waals surface area contributed by atoms with Crippen LogP contribution in [-0.2, 0) is 9.53 Å². The largest absolute Gasteiger partial charge is 0.465 e.